The largest absolute Gasteiger partial charge is 0.450 e. The van der Waals surface area contributed by atoms with Crippen molar-refractivity contribution < 1.29 is 19.7 Å². The van der Waals surface area contributed by atoms with E-state index in [-0.39, 0.29) is 12.7 Å². The van der Waals surface area contributed by atoms with Crippen molar-refractivity contribution in [2.75, 3.05) is 32.8 Å². The maximum atomic E-state index is 11.4. The Morgan fingerprint density at radius 3 is 2.71 bits per heavy atom. The molecule has 1 heterocycles. The van der Waals surface area contributed by atoms with Crippen LogP contribution < -0.4 is 5.32 Å². The highest BCUT2D eigenvalue weighted by molar-refractivity contribution is 5.67. The predicted octanol–water partition coefficient (Wildman–Crippen LogP) is -0.450. The fourth-order valence-corrected chi connectivity index (χ4v) is 1.85. The molecule has 1 aliphatic heterocycles. The number of likely N-dealkylation sites (tertiary alicyclic amines) is 1. The quantitative estimate of drug-likeness (QED) is 0.612. The first-order chi connectivity index (χ1) is 8.17. The summed E-state index contributed by atoms with van der Waals surface area (Å²) in [6.45, 7) is 3.70. The molecule has 0 radical (unpaired) electrons. The number of nitrogens with one attached hydrogen (secondary N) is 1. The Bertz CT molecular complexity index is 230. The van der Waals surface area contributed by atoms with E-state index in [1.807, 2.05) is 0 Å². The second-order valence-electron chi connectivity index (χ2n) is 4.20. The first kappa shape index (κ1) is 14.2. The molecule has 1 amide bonds. The van der Waals surface area contributed by atoms with Crippen molar-refractivity contribution in [1.82, 2.24) is 10.2 Å². The van der Waals surface area contributed by atoms with Crippen LogP contribution in [-0.2, 0) is 4.74 Å². The Hall–Kier alpha value is -0.850. The third kappa shape index (κ3) is 4.89. The van der Waals surface area contributed by atoms with Gasteiger partial charge in [-0.05, 0) is 19.8 Å². The Labute approximate surface area is 102 Å². The molecule has 0 aromatic carbocycles. The minimum absolute atomic E-state index is 0.228. The van der Waals surface area contributed by atoms with Crippen LogP contribution in [0.15, 0.2) is 0 Å². The lowest BCUT2D eigenvalue weighted by Gasteiger charge is -2.32. The van der Waals surface area contributed by atoms with E-state index in [9.17, 15) is 9.90 Å². The van der Waals surface area contributed by atoms with Gasteiger partial charge < -0.3 is 25.2 Å². The first-order valence-corrected chi connectivity index (χ1v) is 6.11. The van der Waals surface area contributed by atoms with Gasteiger partial charge in [0.05, 0.1) is 19.3 Å². The first-order valence-electron chi connectivity index (χ1n) is 6.11. The van der Waals surface area contributed by atoms with E-state index < -0.39 is 6.10 Å². The third-order valence-corrected chi connectivity index (χ3v) is 2.87. The number of rotatable bonds is 5. The molecule has 1 saturated heterocycles. The number of hydrogen-bond acceptors (Lipinski definition) is 5. The molecule has 1 aliphatic rings. The SMILES string of the molecule is CCOC(=O)N1CCC(NCC(O)CO)CC1. The summed E-state index contributed by atoms with van der Waals surface area (Å²) in [7, 11) is 0. The van der Waals surface area contributed by atoms with Crippen LogP contribution in [0.4, 0.5) is 4.79 Å². The third-order valence-electron chi connectivity index (χ3n) is 2.87. The lowest BCUT2D eigenvalue weighted by molar-refractivity contribution is 0.0810. The average molecular weight is 246 g/mol. The number of carbonyl (C=O) groups is 1. The molecule has 1 fully saturated rings. The number of amides is 1. The number of piperidine rings is 1. The van der Waals surface area contributed by atoms with Crippen molar-refractivity contribution in [3.8, 4) is 0 Å². The summed E-state index contributed by atoms with van der Waals surface area (Å²) in [5.41, 5.74) is 0. The van der Waals surface area contributed by atoms with E-state index in [4.69, 9.17) is 9.84 Å². The Morgan fingerprint density at radius 2 is 2.18 bits per heavy atom. The Kier molecular flexibility index (Phi) is 6.25. The van der Waals surface area contributed by atoms with Gasteiger partial charge in [-0.1, -0.05) is 0 Å². The molecule has 17 heavy (non-hydrogen) atoms. The van der Waals surface area contributed by atoms with Gasteiger partial charge in [-0.25, -0.2) is 4.79 Å². The summed E-state index contributed by atoms with van der Waals surface area (Å²) >= 11 is 0. The van der Waals surface area contributed by atoms with E-state index in [1.54, 1.807) is 11.8 Å². The zero-order valence-corrected chi connectivity index (χ0v) is 10.3. The second kappa shape index (κ2) is 7.47. The van der Waals surface area contributed by atoms with Gasteiger partial charge in [0.15, 0.2) is 0 Å². The molecule has 6 nitrogen and oxygen atoms in total. The minimum atomic E-state index is -0.710. The average Bonchev–Trinajstić information content (AvgIpc) is 2.36. The van der Waals surface area contributed by atoms with E-state index in [0.29, 0.717) is 32.3 Å². The monoisotopic (exact) mass is 246 g/mol. The van der Waals surface area contributed by atoms with Gasteiger partial charge >= 0.3 is 6.09 Å². The van der Waals surface area contributed by atoms with Crippen LogP contribution in [0.25, 0.3) is 0 Å². The number of aliphatic hydroxyl groups excluding tert-OH is 2. The molecule has 1 atom stereocenters. The number of ether oxygens (including phenoxy) is 1. The molecule has 1 unspecified atom stereocenters. The molecule has 0 bridgehead atoms. The van der Waals surface area contributed by atoms with Crippen molar-refractivity contribution in [1.29, 1.82) is 0 Å². The highest BCUT2D eigenvalue weighted by atomic mass is 16.6. The fourth-order valence-electron chi connectivity index (χ4n) is 1.85. The molecule has 0 saturated carbocycles. The summed E-state index contributed by atoms with van der Waals surface area (Å²) in [6.07, 6.45) is 0.730. The van der Waals surface area contributed by atoms with E-state index in [2.05, 4.69) is 5.32 Å². The summed E-state index contributed by atoms with van der Waals surface area (Å²) in [4.78, 5) is 13.1. The topological polar surface area (TPSA) is 82.0 Å². The van der Waals surface area contributed by atoms with E-state index >= 15 is 0 Å². The van der Waals surface area contributed by atoms with Gasteiger partial charge in [-0.2, -0.15) is 0 Å². The van der Waals surface area contributed by atoms with Gasteiger partial charge in [0, 0.05) is 25.7 Å². The lowest BCUT2D eigenvalue weighted by Crippen LogP contribution is -2.47. The molecule has 0 aliphatic carbocycles. The van der Waals surface area contributed by atoms with E-state index in [1.165, 1.54) is 0 Å². The van der Waals surface area contributed by atoms with Crippen LogP contribution in [-0.4, -0.2) is 66.2 Å². The van der Waals surface area contributed by atoms with Crippen LogP contribution in [0, 0.1) is 0 Å². The van der Waals surface area contributed by atoms with Crippen molar-refractivity contribution in [3.63, 3.8) is 0 Å². The molecular formula is C11H22N2O4. The van der Waals surface area contributed by atoms with Crippen molar-refractivity contribution in [3.05, 3.63) is 0 Å². The van der Waals surface area contributed by atoms with Crippen LogP contribution >= 0.6 is 0 Å². The molecular weight excluding hydrogens is 224 g/mol. The molecule has 0 aromatic rings. The molecule has 0 aromatic heterocycles. The highest BCUT2D eigenvalue weighted by Gasteiger charge is 2.23. The predicted molar refractivity (Wildman–Crippen MR) is 62.7 cm³/mol. The smallest absolute Gasteiger partial charge is 0.409 e. The number of nitrogens with zero attached hydrogens (tertiary/aromatic N) is 1. The normalized spacial score (nSPS) is 19.1. The minimum Gasteiger partial charge on any atom is -0.450 e. The summed E-state index contributed by atoms with van der Waals surface area (Å²) in [5.74, 6) is 0. The number of aliphatic hydroxyl groups is 2. The van der Waals surface area contributed by atoms with E-state index in [0.717, 1.165) is 12.8 Å². The molecule has 1 rings (SSSR count). The van der Waals surface area contributed by atoms with Crippen molar-refractivity contribution in [2.45, 2.75) is 31.9 Å². The number of hydrogen-bond donors (Lipinski definition) is 3. The maximum Gasteiger partial charge on any atom is 0.409 e. The van der Waals surface area contributed by atoms with Gasteiger partial charge in [0.1, 0.15) is 0 Å². The second-order valence-corrected chi connectivity index (χ2v) is 4.20. The Morgan fingerprint density at radius 1 is 1.53 bits per heavy atom. The van der Waals surface area contributed by atoms with Crippen LogP contribution in [0.3, 0.4) is 0 Å². The maximum absolute atomic E-state index is 11.4. The molecule has 6 heteroatoms. The fraction of sp³-hybridized carbons (Fsp3) is 0.909. The molecule has 3 N–H and O–H groups in total. The summed E-state index contributed by atoms with van der Waals surface area (Å²) < 4.78 is 4.93. The Balaban J connectivity index is 2.19. The lowest BCUT2D eigenvalue weighted by atomic mass is 10.1. The van der Waals surface area contributed by atoms with Crippen molar-refractivity contribution in [2.24, 2.45) is 0 Å². The van der Waals surface area contributed by atoms with Gasteiger partial charge in [-0.15, -0.1) is 0 Å². The van der Waals surface area contributed by atoms with Crippen LogP contribution in [0.5, 0.6) is 0 Å². The van der Waals surface area contributed by atoms with Gasteiger partial charge in [0.2, 0.25) is 0 Å². The van der Waals surface area contributed by atoms with Crippen LogP contribution in [0.2, 0.25) is 0 Å². The van der Waals surface area contributed by atoms with Gasteiger partial charge in [-0.3, -0.25) is 0 Å². The zero-order valence-electron chi connectivity index (χ0n) is 10.3. The summed E-state index contributed by atoms with van der Waals surface area (Å²) in [5, 5.41) is 21.1. The van der Waals surface area contributed by atoms with Crippen LogP contribution in [0.1, 0.15) is 19.8 Å². The van der Waals surface area contributed by atoms with Crippen molar-refractivity contribution >= 4 is 6.09 Å². The molecule has 100 valence electrons. The highest BCUT2D eigenvalue weighted by Crippen LogP contribution is 2.11. The summed E-state index contributed by atoms with van der Waals surface area (Å²) in [6, 6.07) is 0.293. The zero-order chi connectivity index (χ0) is 12.7. The molecule has 0 spiro atoms. The standard InChI is InChI=1S/C11H22N2O4/c1-2-17-11(16)13-5-3-9(4-6-13)12-7-10(15)8-14/h9-10,12,14-15H,2-8H2,1H3. The number of carbonyl (C=O) groups excluding carboxylic acids is 1. The van der Waals surface area contributed by atoms with Gasteiger partial charge in [0.25, 0.3) is 0 Å².